The van der Waals surface area contributed by atoms with Gasteiger partial charge in [-0.1, -0.05) is 32.0 Å². The highest BCUT2D eigenvalue weighted by Crippen LogP contribution is 2.57. The Balaban J connectivity index is 1.91. The molecule has 0 amide bonds. The molecule has 3 aliphatic rings. The fraction of sp³-hybridized carbons (Fsp3) is 0.519. The highest BCUT2D eigenvalue weighted by molar-refractivity contribution is 6.09. The van der Waals surface area contributed by atoms with Gasteiger partial charge < -0.3 is 0 Å². The van der Waals surface area contributed by atoms with E-state index in [0.717, 1.165) is 18.3 Å². The van der Waals surface area contributed by atoms with Crippen molar-refractivity contribution >= 4 is 21.7 Å². The molecule has 0 spiro atoms. The fourth-order valence-corrected chi connectivity index (χ4v) is 7.36. The summed E-state index contributed by atoms with van der Waals surface area (Å²) in [7, 11) is 0. The zero-order chi connectivity index (χ0) is 19.4. The van der Waals surface area contributed by atoms with Crippen LogP contribution in [0.1, 0.15) is 93.9 Å². The van der Waals surface area contributed by atoms with Crippen LogP contribution in [0.3, 0.4) is 0 Å². The molecule has 1 saturated carbocycles. The second-order valence-corrected chi connectivity index (χ2v) is 10.2. The molecule has 2 aromatic carbocycles. The van der Waals surface area contributed by atoms with Crippen LogP contribution in [0.5, 0.6) is 0 Å². The van der Waals surface area contributed by atoms with E-state index < -0.39 is 0 Å². The summed E-state index contributed by atoms with van der Waals surface area (Å²) < 4.78 is 2.75. The standard InChI is InChI=1S/C27H32N/c1-6-26(4)22-10-8-9-19-16(3)13-20-23-18-12-11-17(14-18)21(23)15-28(25(20)24(19)22)27(26,5)7-2/h8-10,13,15,17-18H,6-7,11-12,14H2,1-5H3/q+1. The maximum absolute atomic E-state index is 2.75. The zero-order valence-corrected chi connectivity index (χ0v) is 18.0. The second kappa shape index (κ2) is 5.17. The first-order valence-electron chi connectivity index (χ1n) is 11.4. The average Bonchev–Trinajstić information content (AvgIpc) is 3.33. The molecule has 1 nitrogen and oxygen atoms in total. The minimum atomic E-state index is 0.105. The topological polar surface area (TPSA) is 3.88 Å². The number of fused-ring (bicyclic) bond motifs is 6. The quantitative estimate of drug-likeness (QED) is 0.346. The minimum Gasteiger partial charge on any atom is -0.192 e. The van der Waals surface area contributed by atoms with E-state index in [1.54, 1.807) is 27.5 Å². The van der Waals surface area contributed by atoms with Crippen molar-refractivity contribution in [2.24, 2.45) is 0 Å². The molecule has 0 saturated heterocycles. The van der Waals surface area contributed by atoms with E-state index in [1.165, 1.54) is 42.1 Å². The summed E-state index contributed by atoms with van der Waals surface area (Å²) >= 11 is 0. The molecule has 2 aliphatic carbocycles. The summed E-state index contributed by atoms with van der Waals surface area (Å²) in [6.07, 6.45) is 9.13. The van der Waals surface area contributed by atoms with E-state index in [4.69, 9.17) is 0 Å². The molecular formula is C27H32N+. The van der Waals surface area contributed by atoms with Gasteiger partial charge >= 0.3 is 0 Å². The summed E-state index contributed by atoms with van der Waals surface area (Å²) in [5, 5.41) is 4.57. The lowest BCUT2D eigenvalue weighted by Crippen LogP contribution is -2.66. The molecule has 0 radical (unpaired) electrons. The molecule has 0 N–H and O–H groups in total. The van der Waals surface area contributed by atoms with E-state index in [9.17, 15) is 0 Å². The molecule has 4 atom stereocenters. The van der Waals surface area contributed by atoms with E-state index in [2.05, 4.69) is 69.6 Å². The lowest BCUT2D eigenvalue weighted by molar-refractivity contribution is -0.751. The van der Waals surface area contributed by atoms with Crippen LogP contribution < -0.4 is 4.57 Å². The van der Waals surface area contributed by atoms with Crippen LogP contribution in [0.4, 0.5) is 0 Å². The number of benzene rings is 2. The second-order valence-electron chi connectivity index (χ2n) is 10.2. The van der Waals surface area contributed by atoms with Crippen molar-refractivity contribution in [1.82, 2.24) is 0 Å². The Kier molecular flexibility index (Phi) is 3.14. The molecule has 3 aromatic rings. The number of hydrogen-bond donors (Lipinski definition) is 0. The smallest absolute Gasteiger partial charge is 0.192 e. The van der Waals surface area contributed by atoms with Crippen LogP contribution >= 0.6 is 0 Å². The van der Waals surface area contributed by atoms with Gasteiger partial charge in [-0.25, -0.2) is 0 Å². The predicted molar refractivity (Wildman–Crippen MR) is 117 cm³/mol. The first-order valence-corrected chi connectivity index (χ1v) is 11.4. The van der Waals surface area contributed by atoms with Crippen LogP contribution in [0, 0.1) is 6.92 Å². The van der Waals surface area contributed by atoms with Gasteiger partial charge in [-0.05, 0) is 79.5 Å². The number of aromatic nitrogens is 1. The molecule has 28 heavy (non-hydrogen) atoms. The third kappa shape index (κ3) is 1.66. The molecule has 6 rings (SSSR count). The Bertz CT molecular complexity index is 1170. The van der Waals surface area contributed by atoms with Crippen LogP contribution in [-0.4, -0.2) is 0 Å². The summed E-state index contributed by atoms with van der Waals surface area (Å²) in [4.78, 5) is 0. The molecule has 1 aliphatic heterocycles. The lowest BCUT2D eigenvalue weighted by atomic mass is 9.61. The van der Waals surface area contributed by atoms with Gasteiger partial charge in [-0.2, -0.15) is 4.57 Å². The van der Waals surface area contributed by atoms with E-state index in [1.807, 2.05) is 0 Å². The minimum absolute atomic E-state index is 0.105. The number of rotatable bonds is 2. The monoisotopic (exact) mass is 370 g/mol. The normalized spacial score (nSPS) is 32.6. The number of nitrogens with zero attached hydrogens (tertiary/aromatic N) is 1. The molecule has 144 valence electrons. The Morgan fingerprint density at radius 2 is 1.82 bits per heavy atom. The summed E-state index contributed by atoms with van der Waals surface area (Å²) in [5.41, 5.74) is 8.19. The van der Waals surface area contributed by atoms with Gasteiger partial charge in [0.25, 0.3) is 0 Å². The van der Waals surface area contributed by atoms with Crippen molar-refractivity contribution in [3.8, 4) is 0 Å². The summed E-state index contributed by atoms with van der Waals surface area (Å²) in [6.45, 7) is 12.2. The van der Waals surface area contributed by atoms with Crippen molar-refractivity contribution in [2.45, 2.75) is 89.5 Å². The van der Waals surface area contributed by atoms with Crippen LogP contribution in [0.2, 0.25) is 0 Å². The molecule has 2 heterocycles. The lowest BCUT2D eigenvalue weighted by Gasteiger charge is -2.45. The Hall–Kier alpha value is -1.89. The van der Waals surface area contributed by atoms with Gasteiger partial charge in [0.1, 0.15) is 0 Å². The Morgan fingerprint density at radius 1 is 1.04 bits per heavy atom. The Labute approximate surface area is 168 Å². The highest BCUT2D eigenvalue weighted by Gasteiger charge is 2.56. The van der Waals surface area contributed by atoms with Crippen molar-refractivity contribution < 1.29 is 4.57 Å². The number of aryl methyl sites for hydroxylation is 1. The fourth-order valence-electron chi connectivity index (χ4n) is 7.36. The Morgan fingerprint density at radius 3 is 2.57 bits per heavy atom. The predicted octanol–water partition coefficient (Wildman–Crippen LogP) is 6.76. The van der Waals surface area contributed by atoms with E-state index >= 15 is 0 Å². The number of hydrogen-bond acceptors (Lipinski definition) is 0. The molecule has 1 heteroatoms. The molecule has 2 bridgehead atoms. The van der Waals surface area contributed by atoms with Crippen LogP contribution in [0.25, 0.3) is 21.7 Å². The van der Waals surface area contributed by atoms with Crippen LogP contribution in [-0.2, 0) is 11.0 Å². The molecule has 4 unspecified atom stereocenters. The first-order chi connectivity index (χ1) is 13.4. The van der Waals surface area contributed by atoms with Crippen LogP contribution in [0.15, 0.2) is 30.5 Å². The van der Waals surface area contributed by atoms with Crippen molar-refractivity contribution in [3.63, 3.8) is 0 Å². The third-order valence-corrected chi connectivity index (χ3v) is 9.44. The molecular weight excluding hydrogens is 338 g/mol. The van der Waals surface area contributed by atoms with Crippen molar-refractivity contribution in [2.75, 3.05) is 0 Å². The SMILES string of the molecule is CCC1(C)c2cccc3c(C)cc4c5c(c[n+](c4c23)C1(C)CC)C1CCC5C1. The van der Waals surface area contributed by atoms with Gasteiger partial charge in [-0.15, -0.1) is 0 Å². The summed E-state index contributed by atoms with van der Waals surface area (Å²) in [6, 6.07) is 9.61. The third-order valence-electron chi connectivity index (χ3n) is 9.44. The van der Waals surface area contributed by atoms with Crippen molar-refractivity contribution in [3.05, 3.63) is 52.7 Å². The highest BCUT2D eigenvalue weighted by atomic mass is 15.1. The average molecular weight is 371 g/mol. The molecule has 1 aromatic heterocycles. The zero-order valence-electron chi connectivity index (χ0n) is 18.0. The van der Waals surface area contributed by atoms with Gasteiger partial charge in [0.2, 0.25) is 5.52 Å². The maximum Gasteiger partial charge on any atom is 0.221 e. The largest absolute Gasteiger partial charge is 0.221 e. The van der Waals surface area contributed by atoms with Gasteiger partial charge in [0, 0.05) is 18.9 Å². The van der Waals surface area contributed by atoms with E-state index in [0.29, 0.717) is 0 Å². The van der Waals surface area contributed by atoms with Gasteiger partial charge in [0.15, 0.2) is 11.7 Å². The first kappa shape index (κ1) is 17.0. The summed E-state index contributed by atoms with van der Waals surface area (Å²) in [5.74, 6) is 1.60. The van der Waals surface area contributed by atoms with Crippen molar-refractivity contribution in [1.29, 1.82) is 0 Å². The maximum atomic E-state index is 2.75. The van der Waals surface area contributed by atoms with Gasteiger partial charge in [-0.3, -0.25) is 0 Å². The molecule has 1 fully saturated rings. The van der Waals surface area contributed by atoms with E-state index in [-0.39, 0.29) is 11.0 Å². The van der Waals surface area contributed by atoms with Gasteiger partial charge in [0.05, 0.1) is 16.2 Å². The number of pyridine rings is 1.